The zero-order valence-electron chi connectivity index (χ0n) is 7.41. The molecule has 1 aliphatic rings. The molecule has 0 N–H and O–H groups in total. The van der Waals surface area contributed by atoms with Gasteiger partial charge < -0.3 is 0 Å². The van der Waals surface area contributed by atoms with Crippen LogP contribution in [0.4, 0.5) is 0 Å². The number of benzene rings is 1. The summed E-state index contributed by atoms with van der Waals surface area (Å²) >= 11 is 3.31. The molecule has 0 bridgehead atoms. The summed E-state index contributed by atoms with van der Waals surface area (Å²) in [4.78, 5) is 9.14. The molecule has 1 fully saturated rings. The Kier molecular flexibility index (Phi) is 5.81. The monoisotopic (exact) mass is 244 g/mol. The Hall–Kier alpha value is -0.380. The van der Waals surface area contributed by atoms with Crippen LogP contribution in [0, 0.1) is 0 Å². The molecule has 1 saturated heterocycles. The molecule has 0 amide bonds. The maximum atomic E-state index is 4.57. The van der Waals surface area contributed by atoms with Crippen LogP contribution in [0.15, 0.2) is 34.8 Å². The second-order valence-corrected chi connectivity index (χ2v) is 3.56. The van der Waals surface area contributed by atoms with E-state index in [-0.39, 0.29) is 0 Å². The summed E-state index contributed by atoms with van der Waals surface area (Å²) in [5.74, 6) is 0. The van der Waals surface area contributed by atoms with Crippen molar-refractivity contribution in [3.05, 3.63) is 34.8 Å². The number of halogens is 1. The van der Waals surface area contributed by atoms with Gasteiger partial charge in [-0.1, -0.05) is 34.1 Å². The SMILES string of the molecule is Brc1ccccc1.C1CCOOC1. The van der Waals surface area contributed by atoms with Gasteiger partial charge in [-0.3, -0.25) is 0 Å². The number of rotatable bonds is 0. The molecular formula is C10H13BrO2. The molecule has 1 heterocycles. The van der Waals surface area contributed by atoms with Crippen LogP contribution in [0.3, 0.4) is 0 Å². The average Bonchev–Trinajstić information content (AvgIpc) is 2.22. The van der Waals surface area contributed by atoms with Crippen LogP contribution in [0.2, 0.25) is 0 Å². The Morgan fingerprint density at radius 1 is 0.923 bits per heavy atom. The largest absolute Gasteiger partial charge is 0.237 e. The minimum Gasteiger partial charge on any atom is -0.237 e. The lowest BCUT2D eigenvalue weighted by Crippen LogP contribution is -2.05. The highest BCUT2D eigenvalue weighted by Crippen LogP contribution is 2.05. The van der Waals surface area contributed by atoms with E-state index in [0.717, 1.165) is 30.5 Å². The van der Waals surface area contributed by atoms with Gasteiger partial charge in [0, 0.05) is 4.47 Å². The smallest absolute Gasteiger partial charge is 0.0823 e. The molecular weight excluding hydrogens is 232 g/mol. The Morgan fingerprint density at radius 3 is 1.69 bits per heavy atom. The van der Waals surface area contributed by atoms with Crippen molar-refractivity contribution in [2.45, 2.75) is 12.8 Å². The molecule has 0 aliphatic carbocycles. The molecule has 13 heavy (non-hydrogen) atoms. The van der Waals surface area contributed by atoms with Gasteiger partial charge in [-0.2, -0.15) is 0 Å². The molecule has 1 aromatic rings. The minimum atomic E-state index is 0.778. The van der Waals surface area contributed by atoms with Gasteiger partial charge in [-0.05, 0) is 25.0 Å². The summed E-state index contributed by atoms with van der Waals surface area (Å²) < 4.78 is 1.13. The van der Waals surface area contributed by atoms with Crippen molar-refractivity contribution in [1.82, 2.24) is 0 Å². The van der Waals surface area contributed by atoms with E-state index in [4.69, 9.17) is 0 Å². The van der Waals surface area contributed by atoms with E-state index < -0.39 is 0 Å². The maximum absolute atomic E-state index is 4.57. The maximum Gasteiger partial charge on any atom is 0.0823 e. The normalized spacial score (nSPS) is 15.8. The highest BCUT2D eigenvalue weighted by atomic mass is 79.9. The number of hydrogen-bond donors (Lipinski definition) is 0. The van der Waals surface area contributed by atoms with E-state index >= 15 is 0 Å². The molecule has 2 rings (SSSR count). The van der Waals surface area contributed by atoms with Gasteiger partial charge in [-0.25, -0.2) is 9.78 Å². The third-order valence-electron chi connectivity index (χ3n) is 1.52. The van der Waals surface area contributed by atoms with Crippen molar-refractivity contribution >= 4 is 15.9 Å². The second-order valence-electron chi connectivity index (χ2n) is 2.65. The van der Waals surface area contributed by atoms with Gasteiger partial charge in [0.05, 0.1) is 13.2 Å². The Bertz CT molecular complexity index is 198. The Morgan fingerprint density at radius 2 is 1.46 bits per heavy atom. The van der Waals surface area contributed by atoms with Crippen LogP contribution < -0.4 is 0 Å². The first kappa shape index (κ1) is 10.7. The molecule has 0 saturated carbocycles. The van der Waals surface area contributed by atoms with E-state index in [1.165, 1.54) is 0 Å². The van der Waals surface area contributed by atoms with E-state index in [1.807, 2.05) is 30.3 Å². The molecule has 1 aromatic carbocycles. The van der Waals surface area contributed by atoms with E-state index in [0.29, 0.717) is 0 Å². The van der Waals surface area contributed by atoms with E-state index in [9.17, 15) is 0 Å². The van der Waals surface area contributed by atoms with Crippen molar-refractivity contribution in [2.75, 3.05) is 13.2 Å². The van der Waals surface area contributed by atoms with Crippen LogP contribution >= 0.6 is 15.9 Å². The molecule has 72 valence electrons. The van der Waals surface area contributed by atoms with Crippen LogP contribution in [0.25, 0.3) is 0 Å². The van der Waals surface area contributed by atoms with Gasteiger partial charge in [0.1, 0.15) is 0 Å². The van der Waals surface area contributed by atoms with E-state index in [1.54, 1.807) is 0 Å². The molecule has 0 atom stereocenters. The van der Waals surface area contributed by atoms with Crippen LogP contribution in [0.1, 0.15) is 12.8 Å². The fraction of sp³-hybridized carbons (Fsp3) is 0.400. The molecule has 0 aromatic heterocycles. The third-order valence-corrected chi connectivity index (χ3v) is 2.05. The van der Waals surface area contributed by atoms with Crippen molar-refractivity contribution in [2.24, 2.45) is 0 Å². The van der Waals surface area contributed by atoms with Crippen molar-refractivity contribution in [3.63, 3.8) is 0 Å². The lowest BCUT2D eigenvalue weighted by atomic mass is 10.3. The molecule has 0 radical (unpaired) electrons. The van der Waals surface area contributed by atoms with Crippen LogP contribution in [-0.4, -0.2) is 13.2 Å². The first-order valence-corrected chi connectivity index (χ1v) is 5.14. The summed E-state index contributed by atoms with van der Waals surface area (Å²) in [5, 5.41) is 0. The average molecular weight is 245 g/mol. The second kappa shape index (κ2) is 7.06. The first-order chi connectivity index (χ1) is 6.39. The summed E-state index contributed by atoms with van der Waals surface area (Å²) in [6.45, 7) is 1.56. The summed E-state index contributed by atoms with van der Waals surface area (Å²) in [5.41, 5.74) is 0. The van der Waals surface area contributed by atoms with Crippen molar-refractivity contribution in [3.8, 4) is 0 Å². The zero-order chi connectivity index (χ0) is 9.36. The lowest BCUT2D eigenvalue weighted by molar-refractivity contribution is -0.312. The highest BCUT2D eigenvalue weighted by Gasteiger charge is 1.95. The summed E-state index contributed by atoms with van der Waals surface area (Å²) in [7, 11) is 0. The molecule has 3 heteroatoms. The van der Waals surface area contributed by atoms with Crippen molar-refractivity contribution < 1.29 is 9.78 Å². The quantitative estimate of drug-likeness (QED) is 0.653. The Labute approximate surface area is 86.9 Å². The van der Waals surface area contributed by atoms with Crippen molar-refractivity contribution in [1.29, 1.82) is 0 Å². The summed E-state index contributed by atoms with van der Waals surface area (Å²) in [6, 6.07) is 9.97. The summed E-state index contributed by atoms with van der Waals surface area (Å²) in [6.07, 6.45) is 2.31. The fourth-order valence-corrected chi connectivity index (χ4v) is 1.16. The predicted molar refractivity (Wildman–Crippen MR) is 55.3 cm³/mol. The first-order valence-electron chi connectivity index (χ1n) is 4.34. The molecule has 0 unspecified atom stereocenters. The lowest BCUT2D eigenvalue weighted by Gasteiger charge is -2.07. The highest BCUT2D eigenvalue weighted by molar-refractivity contribution is 9.10. The van der Waals surface area contributed by atoms with Crippen LogP contribution in [0.5, 0.6) is 0 Å². The number of hydrogen-bond acceptors (Lipinski definition) is 2. The van der Waals surface area contributed by atoms with Gasteiger partial charge in [0.25, 0.3) is 0 Å². The van der Waals surface area contributed by atoms with Crippen LogP contribution in [-0.2, 0) is 9.78 Å². The minimum absolute atomic E-state index is 0.778. The van der Waals surface area contributed by atoms with Gasteiger partial charge in [-0.15, -0.1) is 0 Å². The predicted octanol–water partition coefficient (Wildman–Crippen LogP) is 3.18. The van der Waals surface area contributed by atoms with Gasteiger partial charge >= 0.3 is 0 Å². The van der Waals surface area contributed by atoms with E-state index in [2.05, 4.69) is 25.7 Å². The van der Waals surface area contributed by atoms with Gasteiger partial charge in [0.15, 0.2) is 0 Å². The fourth-order valence-electron chi connectivity index (χ4n) is 0.854. The molecule has 1 aliphatic heterocycles. The molecule has 2 nitrogen and oxygen atoms in total. The Balaban J connectivity index is 0.000000132. The van der Waals surface area contributed by atoms with Gasteiger partial charge in [0.2, 0.25) is 0 Å². The third kappa shape index (κ3) is 5.80. The zero-order valence-corrected chi connectivity index (χ0v) is 9.00. The topological polar surface area (TPSA) is 18.5 Å². The standard InChI is InChI=1S/C6H5Br.C4H8O2/c7-6-4-2-1-3-5-6;1-2-4-6-5-3-1/h1-5H;1-4H2. The molecule has 0 spiro atoms.